The number of carboxylic acids is 1. The fraction of sp³-hybridized carbons (Fsp3) is 0.455. The molecule has 1 amide bonds. The quantitative estimate of drug-likeness (QED) is 0.896. The Kier molecular flexibility index (Phi) is 4.70. The normalized spacial score (nSPS) is 12.5. The van der Waals surface area contributed by atoms with Crippen molar-refractivity contribution in [3.8, 4) is 0 Å². The average molecular weight is 320 g/mol. The van der Waals surface area contributed by atoms with Crippen LogP contribution < -0.4 is 5.32 Å². The van der Waals surface area contributed by atoms with Gasteiger partial charge in [0.1, 0.15) is 6.04 Å². The molecule has 0 aliphatic rings. The van der Waals surface area contributed by atoms with Crippen LogP contribution in [0, 0.1) is 12.8 Å². The number of aliphatic carboxylic acids is 1. The molecule has 1 aromatic heterocycles. The molecule has 1 heterocycles. The van der Waals surface area contributed by atoms with Crippen LogP contribution in [0.5, 0.6) is 0 Å². The predicted molar refractivity (Wildman–Crippen MR) is 70.5 cm³/mol. The molecule has 0 radical (unpaired) electrons. The number of amides is 1. The van der Waals surface area contributed by atoms with E-state index in [9.17, 15) is 9.59 Å². The second-order valence-corrected chi connectivity index (χ2v) is 6.47. The zero-order valence-corrected chi connectivity index (χ0v) is 12.2. The Morgan fingerprint density at radius 3 is 2.41 bits per heavy atom. The van der Waals surface area contributed by atoms with E-state index in [4.69, 9.17) is 5.11 Å². The van der Waals surface area contributed by atoms with E-state index in [1.165, 1.54) is 11.3 Å². The first-order chi connectivity index (χ1) is 7.82. The summed E-state index contributed by atoms with van der Waals surface area (Å²) in [6.07, 6.45) is 0. The summed E-state index contributed by atoms with van der Waals surface area (Å²) in [5, 5.41) is 11.5. The van der Waals surface area contributed by atoms with Crippen molar-refractivity contribution >= 4 is 39.1 Å². The maximum absolute atomic E-state index is 11.8. The van der Waals surface area contributed by atoms with Gasteiger partial charge in [0.25, 0.3) is 5.91 Å². The van der Waals surface area contributed by atoms with E-state index >= 15 is 0 Å². The number of rotatable bonds is 4. The number of carbonyl (C=O) groups is 2. The zero-order chi connectivity index (χ0) is 13.2. The summed E-state index contributed by atoms with van der Waals surface area (Å²) in [7, 11) is 0. The predicted octanol–water partition coefficient (Wildman–Crippen LogP) is 2.66. The van der Waals surface area contributed by atoms with Crippen LogP contribution >= 0.6 is 27.3 Å². The third-order valence-electron chi connectivity index (χ3n) is 2.30. The van der Waals surface area contributed by atoms with Crippen molar-refractivity contribution in [2.75, 3.05) is 0 Å². The largest absolute Gasteiger partial charge is 0.480 e. The number of thiophene rings is 1. The Morgan fingerprint density at radius 2 is 2.06 bits per heavy atom. The van der Waals surface area contributed by atoms with E-state index in [2.05, 4.69) is 21.2 Å². The molecule has 6 heteroatoms. The SMILES string of the molecule is Cc1cc(C(=O)NC(C(=O)O)C(C)C)sc1Br. The van der Waals surface area contributed by atoms with Crippen molar-refractivity contribution in [2.45, 2.75) is 26.8 Å². The fourth-order valence-corrected chi connectivity index (χ4v) is 2.74. The molecular formula is C11H14BrNO3S. The van der Waals surface area contributed by atoms with Gasteiger partial charge in [-0.15, -0.1) is 11.3 Å². The Bertz CT molecular complexity index is 422. The smallest absolute Gasteiger partial charge is 0.326 e. The van der Waals surface area contributed by atoms with E-state index in [0.29, 0.717) is 4.88 Å². The van der Waals surface area contributed by atoms with Crippen LogP contribution in [-0.2, 0) is 4.79 Å². The zero-order valence-electron chi connectivity index (χ0n) is 9.78. The van der Waals surface area contributed by atoms with Gasteiger partial charge in [-0.25, -0.2) is 4.79 Å². The first-order valence-corrected chi connectivity index (χ1v) is 6.73. The minimum atomic E-state index is -1.01. The van der Waals surface area contributed by atoms with E-state index in [0.717, 1.165) is 9.35 Å². The molecule has 0 aromatic carbocycles. The van der Waals surface area contributed by atoms with Crippen LogP contribution in [0.25, 0.3) is 0 Å². The first kappa shape index (κ1) is 14.2. The van der Waals surface area contributed by atoms with Crippen LogP contribution in [0.2, 0.25) is 0 Å². The summed E-state index contributed by atoms with van der Waals surface area (Å²) in [4.78, 5) is 23.3. The number of aryl methyl sites for hydroxylation is 1. The minimum absolute atomic E-state index is 0.152. The van der Waals surface area contributed by atoms with Crippen LogP contribution in [-0.4, -0.2) is 23.0 Å². The van der Waals surface area contributed by atoms with E-state index in [1.54, 1.807) is 19.9 Å². The van der Waals surface area contributed by atoms with Crippen LogP contribution in [0.4, 0.5) is 0 Å². The summed E-state index contributed by atoms with van der Waals surface area (Å²) in [6, 6.07) is 0.882. The number of nitrogens with one attached hydrogen (secondary N) is 1. The van der Waals surface area contributed by atoms with Crippen LogP contribution in [0.15, 0.2) is 9.85 Å². The lowest BCUT2D eigenvalue weighted by Gasteiger charge is -2.17. The van der Waals surface area contributed by atoms with E-state index < -0.39 is 12.0 Å². The second kappa shape index (κ2) is 5.64. The number of halogens is 1. The lowest BCUT2D eigenvalue weighted by molar-refractivity contribution is -0.140. The Labute approximate surface area is 112 Å². The Hall–Kier alpha value is -0.880. The molecule has 1 aromatic rings. The average Bonchev–Trinajstić information content (AvgIpc) is 2.54. The second-order valence-electron chi connectivity index (χ2n) is 4.10. The minimum Gasteiger partial charge on any atom is -0.480 e. The summed E-state index contributed by atoms with van der Waals surface area (Å²) < 4.78 is 0.888. The summed E-state index contributed by atoms with van der Waals surface area (Å²) >= 11 is 4.63. The molecule has 94 valence electrons. The standard InChI is InChI=1S/C11H14BrNO3S/c1-5(2)8(11(15)16)13-10(14)7-4-6(3)9(12)17-7/h4-5,8H,1-3H3,(H,13,14)(H,15,16). The molecule has 0 aliphatic carbocycles. The van der Waals surface area contributed by atoms with Crippen molar-refractivity contribution < 1.29 is 14.7 Å². The highest BCUT2D eigenvalue weighted by Gasteiger charge is 2.24. The van der Waals surface area contributed by atoms with Crippen molar-refractivity contribution in [1.82, 2.24) is 5.32 Å². The van der Waals surface area contributed by atoms with Crippen LogP contribution in [0.1, 0.15) is 29.1 Å². The monoisotopic (exact) mass is 319 g/mol. The molecule has 17 heavy (non-hydrogen) atoms. The number of hydrogen-bond acceptors (Lipinski definition) is 3. The molecule has 0 saturated carbocycles. The number of carbonyl (C=O) groups excluding carboxylic acids is 1. The highest BCUT2D eigenvalue weighted by Crippen LogP contribution is 2.27. The lowest BCUT2D eigenvalue weighted by Crippen LogP contribution is -2.44. The molecule has 0 aliphatic heterocycles. The molecule has 1 atom stereocenters. The Morgan fingerprint density at radius 1 is 1.47 bits per heavy atom. The van der Waals surface area contributed by atoms with E-state index in [1.807, 2.05) is 6.92 Å². The van der Waals surface area contributed by atoms with Gasteiger partial charge < -0.3 is 10.4 Å². The molecule has 0 bridgehead atoms. The number of carboxylic acid groups (broad SMARTS) is 1. The van der Waals surface area contributed by atoms with Gasteiger partial charge >= 0.3 is 5.97 Å². The van der Waals surface area contributed by atoms with Gasteiger partial charge in [-0.2, -0.15) is 0 Å². The summed E-state index contributed by atoms with van der Waals surface area (Å²) in [5.41, 5.74) is 0.969. The Balaban J connectivity index is 2.81. The van der Waals surface area contributed by atoms with Crippen molar-refractivity contribution in [2.24, 2.45) is 5.92 Å². The molecule has 4 nitrogen and oxygen atoms in total. The lowest BCUT2D eigenvalue weighted by atomic mass is 10.0. The van der Waals surface area contributed by atoms with Crippen molar-refractivity contribution in [3.05, 3.63) is 20.3 Å². The van der Waals surface area contributed by atoms with Gasteiger partial charge in [-0.3, -0.25) is 4.79 Å². The fourth-order valence-electron chi connectivity index (χ4n) is 1.30. The van der Waals surface area contributed by atoms with Crippen LogP contribution in [0.3, 0.4) is 0 Å². The molecule has 2 N–H and O–H groups in total. The molecule has 0 spiro atoms. The molecule has 0 saturated heterocycles. The highest BCUT2D eigenvalue weighted by atomic mass is 79.9. The van der Waals surface area contributed by atoms with E-state index in [-0.39, 0.29) is 11.8 Å². The maximum Gasteiger partial charge on any atom is 0.326 e. The number of hydrogen-bond donors (Lipinski definition) is 2. The highest BCUT2D eigenvalue weighted by molar-refractivity contribution is 9.11. The van der Waals surface area contributed by atoms with Crippen molar-refractivity contribution in [3.63, 3.8) is 0 Å². The summed E-state index contributed by atoms with van der Waals surface area (Å²) in [6.45, 7) is 5.40. The van der Waals surface area contributed by atoms with Crippen molar-refractivity contribution in [1.29, 1.82) is 0 Å². The van der Waals surface area contributed by atoms with Gasteiger partial charge in [-0.1, -0.05) is 13.8 Å². The van der Waals surface area contributed by atoms with Gasteiger partial charge in [0, 0.05) is 0 Å². The third kappa shape index (κ3) is 3.54. The molecule has 1 rings (SSSR count). The topological polar surface area (TPSA) is 66.4 Å². The van der Waals surface area contributed by atoms with Gasteiger partial charge in [0.2, 0.25) is 0 Å². The molecule has 0 fully saturated rings. The summed E-state index contributed by atoms with van der Waals surface area (Å²) in [5.74, 6) is -1.51. The van der Waals surface area contributed by atoms with Gasteiger partial charge in [0.15, 0.2) is 0 Å². The molecule has 1 unspecified atom stereocenters. The third-order valence-corrected chi connectivity index (χ3v) is 4.44. The van der Waals surface area contributed by atoms with Gasteiger partial charge in [0.05, 0.1) is 8.66 Å². The first-order valence-electron chi connectivity index (χ1n) is 5.12. The van der Waals surface area contributed by atoms with Gasteiger partial charge in [-0.05, 0) is 40.4 Å². The molecular weight excluding hydrogens is 306 g/mol. The maximum atomic E-state index is 11.8.